The van der Waals surface area contributed by atoms with Gasteiger partial charge in [-0.25, -0.2) is 9.97 Å². The molecular formula is C19H20N4O2. The molecule has 1 unspecified atom stereocenters. The third-order valence-corrected chi connectivity index (χ3v) is 4.10. The monoisotopic (exact) mass is 336 g/mol. The number of carbonyl (C=O) groups excluding carboxylic acids is 1. The van der Waals surface area contributed by atoms with Crippen molar-refractivity contribution in [2.75, 3.05) is 11.9 Å². The van der Waals surface area contributed by atoms with Crippen LogP contribution >= 0.6 is 0 Å². The smallest absolute Gasteiger partial charge is 0.250 e. The maximum absolute atomic E-state index is 11.6. The molecule has 6 heteroatoms. The van der Waals surface area contributed by atoms with Crippen molar-refractivity contribution in [3.8, 4) is 0 Å². The minimum atomic E-state index is -0.527. The number of para-hydroxylation sites is 1. The van der Waals surface area contributed by atoms with E-state index in [4.69, 9.17) is 5.73 Å². The molecule has 2 aromatic carbocycles. The van der Waals surface area contributed by atoms with Crippen LogP contribution in [0.4, 0.5) is 5.82 Å². The SMILES string of the molecule is Cc1cccc(C(CCO)Nc2ncnc3c(C(N)=O)cccc23)c1. The minimum Gasteiger partial charge on any atom is -0.396 e. The first kappa shape index (κ1) is 16.9. The van der Waals surface area contributed by atoms with Gasteiger partial charge in [-0.2, -0.15) is 0 Å². The van der Waals surface area contributed by atoms with Crippen molar-refractivity contribution in [3.05, 3.63) is 65.5 Å². The Morgan fingerprint density at radius 3 is 2.76 bits per heavy atom. The first-order valence-corrected chi connectivity index (χ1v) is 8.07. The van der Waals surface area contributed by atoms with Crippen molar-refractivity contribution in [2.45, 2.75) is 19.4 Å². The fourth-order valence-corrected chi connectivity index (χ4v) is 2.90. The summed E-state index contributed by atoms with van der Waals surface area (Å²) in [7, 11) is 0. The average Bonchev–Trinajstić information content (AvgIpc) is 2.61. The van der Waals surface area contributed by atoms with Gasteiger partial charge in [-0.15, -0.1) is 0 Å². The van der Waals surface area contributed by atoms with Crippen LogP contribution < -0.4 is 11.1 Å². The summed E-state index contributed by atoms with van der Waals surface area (Å²) in [6.07, 6.45) is 1.94. The highest BCUT2D eigenvalue weighted by Gasteiger charge is 2.16. The number of hydrogen-bond donors (Lipinski definition) is 3. The third-order valence-electron chi connectivity index (χ3n) is 4.10. The van der Waals surface area contributed by atoms with Crippen molar-refractivity contribution in [1.29, 1.82) is 0 Å². The van der Waals surface area contributed by atoms with Crippen LogP contribution in [-0.2, 0) is 0 Å². The number of nitrogens with zero attached hydrogens (tertiary/aromatic N) is 2. The highest BCUT2D eigenvalue weighted by molar-refractivity contribution is 6.06. The molecule has 0 aliphatic rings. The van der Waals surface area contributed by atoms with Gasteiger partial charge in [0.1, 0.15) is 12.1 Å². The quantitative estimate of drug-likeness (QED) is 0.642. The summed E-state index contributed by atoms with van der Waals surface area (Å²) in [4.78, 5) is 20.1. The number of carbonyl (C=O) groups is 1. The fraction of sp³-hybridized carbons (Fsp3) is 0.211. The molecule has 3 aromatic rings. The van der Waals surface area contributed by atoms with Gasteiger partial charge in [-0.3, -0.25) is 4.79 Å². The largest absolute Gasteiger partial charge is 0.396 e. The molecule has 0 bridgehead atoms. The highest BCUT2D eigenvalue weighted by atomic mass is 16.3. The number of nitrogens with two attached hydrogens (primary N) is 1. The van der Waals surface area contributed by atoms with Crippen molar-refractivity contribution in [1.82, 2.24) is 9.97 Å². The number of anilines is 1. The Hall–Kier alpha value is -2.99. The van der Waals surface area contributed by atoms with E-state index in [-0.39, 0.29) is 12.6 Å². The summed E-state index contributed by atoms with van der Waals surface area (Å²) in [6.45, 7) is 2.07. The van der Waals surface area contributed by atoms with E-state index < -0.39 is 5.91 Å². The zero-order valence-corrected chi connectivity index (χ0v) is 13.9. The Kier molecular flexibility index (Phi) is 4.90. The van der Waals surface area contributed by atoms with Gasteiger partial charge in [0.25, 0.3) is 5.91 Å². The lowest BCUT2D eigenvalue weighted by Crippen LogP contribution is -2.15. The van der Waals surface area contributed by atoms with Crippen LogP contribution in [0.5, 0.6) is 0 Å². The third kappa shape index (κ3) is 3.59. The van der Waals surface area contributed by atoms with Gasteiger partial charge in [0.2, 0.25) is 0 Å². The number of benzene rings is 2. The van der Waals surface area contributed by atoms with Crippen molar-refractivity contribution in [2.24, 2.45) is 5.73 Å². The number of amides is 1. The Morgan fingerprint density at radius 2 is 2.04 bits per heavy atom. The van der Waals surface area contributed by atoms with Gasteiger partial charge in [-0.05, 0) is 31.0 Å². The van der Waals surface area contributed by atoms with Gasteiger partial charge < -0.3 is 16.2 Å². The van der Waals surface area contributed by atoms with Crippen LogP contribution in [-0.4, -0.2) is 27.6 Å². The molecule has 0 spiro atoms. The molecule has 1 atom stereocenters. The number of rotatable bonds is 6. The molecule has 1 heterocycles. The van der Waals surface area contributed by atoms with E-state index in [1.807, 2.05) is 31.2 Å². The molecule has 6 nitrogen and oxygen atoms in total. The minimum absolute atomic E-state index is 0.0428. The summed E-state index contributed by atoms with van der Waals surface area (Å²) in [5.41, 5.74) is 8.51. The van der Waals surface area contributed by atoms with E-state index in [1.165, 1.54) is 6.33 Å². The van der Waals surface area contributed by atoms with E-state index in [2.05, 4.69) is 21.4 Å². The molecule has 4 N–H and O–H groups in total. The Bertz CT molecular complexity index is 911. The molecule has 0 aliphatic heterocycles. The van der Waals surface area contributed by atoms with Crippen LogP contribution in [0.3, 0.4) is 0 Å². The number of aromatic nitrogens is 2. The lowest BCUT2D eigenvalue weighted by molar-refractivity contribution is 0.100. The summed E-state index contributed by atoms with van der Waals surface area (Å²) in [6, 6.07) is 13.2. The first-order chi connectivity index (χ1) is 12.1. The molecule has 0 radical (unpaired) electrons. The van der Waals surface area contributed by atoms with E-state index in [0.717, 1.165) is 16.5 Å². The fourth-order valence-electron chi connectivity index (χ4n) is 2.90. The van der Waals surface area contributed by atoms with Gasteiger partial charge in [0, 0.05) is 12.0 Å². The van der Waals surface area contributed by atoms with E-state index >= 15 is 0 Å². The van der Waals surface area contributed by atoms with Crippen molar-refractivity contribution < 1.29 is 9.90 Å². The maximum Gasteiger partial charge on any atom is 0.250 e. The van der Waals surface area contributed by atoms with E-state index in [1.54, 1.807) is 12.1 Å². The van der Waals surface area contributed by atoms with E-state index in [0.29, 0.717) is 23.3 Å². The lowest BCUT2D eigenvalue weighted by Gasteiger charge is -2.20. The van der Waals surface area contributed by atoms with Crippen LogP contribution in [0.2, 0.25) is 0 Å². The number of aliphatic hydroxyl groups is 1. The molecule has 0 aliphatic carbocycles. The van der Waals surface area contributed by atoms with Gasteiger partial charge in [0.05, 0.1) is 17.1 Å². The summed E-state index contributed by atoms with van der Waals surface area (Å²) < 4.78 is 0. The molecule has 0 fully saturated rings. The van der Waals surface area contributed by atoms with Crippen LogP contribution in [0.1, 0.15) is 33.9 Å². The second-order valence-corrected chi connectivity index (χ2v) is 5.91. The van der Waals surface area contributed by atoms with Gasteiger partial charge >= 0.3 is 0 Å². The van der Waals surface area contributed by atoms with Gasteiger partial charge in [-0.1, -0.05) is 35.9 Å². The Morgan fingerprint density at radius 1 is 1.24 bits per heavy atom. The average molecular weight is 336 g/mol. The lowest BCUT2D eigenvalue weighted by atomic mass is 10.0. The number of nitrogens with one attached hydrogen (secondary N) is 1. The first-order valence-electron chi connectivity index (χ1n) is 8.07. The number of hydrogen-bond acceptors (Lipinski definition) is 5. The summed E-state index contributed by atoms with van der Waals surface area (Å²) in [5, 5.41) is 13.5. The Labute approximate surface area is 145 Å². The second-order valence-electron chi connectivity index (χ2n) is 5.91. The van der Waals surface area contributed by atoms with Crippen molar-refractivity contribution in [3.63, 3.8) is 0 Å². The molecular weight excluding hydrogens is 316 g/mol. The zero-order chi connectivity index (χ0) is 17.8. The predicted molar refractivity (Wildman–Crippen MR) is 97.3 cm³/mol. The second kappa shape index (κ2) is 7.27. The number of fused-ring (bicyclic) bond motifs is 1. The molecule has 1 aromatic heterocycles. The molecule has 0 saturated heterocycles. The van der Waals surface area contributed by atoms with Crippen LogP contribution in [0, 0.1) is 6.92 Å². The number of primary amides is 1. The zero-order valence-electron chi connectivity index (χ0n) is 13.9. The number of aryl methyl sites for hydroxylation is 1. The topological polar surface area (TPSA) is 101 Å². The Balaban J connectivity index is 2.03. The summed E-state index contributed by atoms with van der Waals surface area (Å²) >= 11 is 0. The number of aliphatic hydroxyl groups excluding tert-OH is 1. The molecule has 1 amide bonds. The standard InChI is InChI=1S/C19H20N4O2/c1-12-4-2-5-13(10-12)16(8-9-24)23-19-15-7-3-6-14(18(20)25)17(15)21-11-22-19/h2-7,10-11,16,24H,8-9H2,1H3,(H2,20,25)(H,21,22,23). The van der Waals surface area contributed by atoms with Gasteiger partial charge in [0.15, 0.2) is 0 Å². The summed E-state index contributed by atoms with van der Waals surface area (Å²) in [5.74, 6) is 0.0777. The predicted octanol–water partition coefficient (Wildman–Crippen LogP) is 2.57. The van der Waals surface area contributed by atoms with Crippen LogP contribution in [0.15, 0.2) is 48.8 Å². The maximum atomic E-state index is 11.6. The molecule has 3 rings (SSSR count). The molecule has 25 heavy (non-hydrogen) atoms. The van der Waals surface area contributed by atoms with Crippen molar-refractivity contribution >= 4 is 22.6 Å². The molecule has 0 saturated carbocycles. The molecule has 128 valence electrons. The van der Waals surface area contributed by atoms with E-state index in [9.17, 15) is 9.90 Å². The van der Waals surface area contributed by atoms with Crippen LogP contribution in [0.25, 0.3) is 10.9 Å². The normalized spacial score (nSPS) is 12.1. The highest BCUT2D eigenvalue weighted by Crippen LogP contribution is 2.27.